The lowest BCUT2D eigenvalue weighted by molar-refractivity contribution is -0.152. The first-order chi connectivity index (χ1) is 10.5. The third-order valence-corrected chi connectivity index (χ3v) is 5.93. The van der Waals surface area contributed by atoms with Crippen molar-refractivity contribution < 1.29 is 9.53 Å². The summed E-state index contributed by atoms with van der Waals surface area (Å²) >= 11 is 4.96. The van der Waals surface area contributed by atoms with Gasteiger partial charge in [0.15, 0.2) is 0 Å². The predicted octanol–water partition coefficient (Wildman–Crippen LogP) is 5.55. The van der Waals surface area contributed by atoms with E-state index in [0.29, 0.717) is 23.5 Å². The molecule has 1 aromatic carbocycles. The summed E-state index contributed by atoms with van der Waals surface area (Å²) in [4.78, 5) is 13.3. The largest absolute Gasteiger partial charge is 0.461 e. The van der Waals surface area contributed by atoms with Gasteiger partial charge in [-0.1, -0.05) is 43.1 Å². The van der Waals surface area contributed by atoms with Crippen molar-refractivity contribution in [2.75, 3.05) is 5.75 Å². The molecule has 0 spiro atoms. The highest BCUT2D eigenvalue weighted by Crippen LogP contribution is 2.35. The van der Waals surface area contributed by atoms with Crippen molar-refractivity contribution in [1.29, 1.82) is 0 Å². The van der Waals surface area contributed by atoms with E-state index in [9.17, 15) is 4.79 Å². The lowest BCUT2D eigenvalue weighted by Gasteiger charge is -2.36. The molecular formula is C18H25BrO2S. The summed E-state index contributed by atoms with van der Waals surface area (Å²) in [5.74, 6) is 2.05. The fraction of sp³-hybridized carbons (Fsp3) is 0.611. The van der Waals surface area contributed by atoms with Gasteiger partial charge in [-0.3, -0.25) is 4.79 Å². The summed E-state index contributed by atoms with van der Waals surface area (Å²) in [5.41, 5.74) is 0. The molecule has 2 nitrogen and oxygen atoms in total. The van der Waals surface area contributed by atoms with Crippen molar-refractivity contribution in [3.8, 4) is 0 Å². The van der Waals surface area contributed by atoms with Crippen LogP contribution in [0.3, 0.4) is 0 Å². The Morgan fingerprint density at radius 3 is 2.64 bits per heavy atom. The standard InChI is InChI=1S/C18H25BrO2S/c1-12(2)16-9-4-13(3)10-17(16)21-18(20)11-22-15-7-5-14(19)6-8-15/h5-8,12-13,16-17H,4,9-11H2,1-3H3/t13-,16-,17-/m1/s1. The van der Waals surface area contributed by atoms with Crippen LogP contribution in [-0.2, 0) is 9.53 Å². The maximum atomic E-state index is 12.2. The molecule has 0 heterocycles. The van der Waals surface area contributed by atoms with Crippen molar-refractivity contribution in [2.24, 2.45) is 17.8 Å². The molecule has 0 amide bonds. The Kier molecular flexibility index (Phi) is 6.82. The molecule has 2 rings (SSSR count). The minimum absolute atomic E-state index is 0.0855. The zero-order valence-corrected chi connectivity index (χ0v) is 16.0. The number of halogens is 1. The number of esters is 1. The molecule has 1 aliphatic carbocycles. The second-order valence-corrected chi connectivity index (χ2v) is 8.56. The quantitative estimate of drug-likeness (QED) is 0.491. The maximum Gasteiger partial charge on any atom is 0.316 e. The molecule has 122 valence electrons. The third-order valence-electron chi connectivity index (χ3n) is 4.41. The van der Waals surface area contributed by atoms with Gasteiger partial charge in [0.05, 0.1) is 5.75 Å². The first-order valence-corrected chi connectivity index (χ1v) is 9.81. The van der Waals surface area contributed by atoms with Gasteiger partial charge in [-0.15, -0.1) is 11.8 Å². The van der Waals surface area contributed by atoms with Crippen LogP contribution in [0.15, 0.2) is 33.6 Å². The van der Waals surface area contributed by atoms with Gasteiger partial charge in [0.1, 0.15) is 6.10 Å². The zero-order chi connectivity index (χ0) is 16.1. The number of rotatable bonds is 5. The average Bonchev–Trinajstić information content (AvgIpc) is 2.46. The van der Waals surface area contributed by atoms with Crippen LogP contribution in [-0.4, -0.2) is 17.8 Å². The van der Waals surface area contributed by atoms with E-state index in [-0.39, 0.29) is 12.1 Å². The molecule has 0 saturated heterocycles. The molecule has 0 bridgehead atoms. The zero-order valence-electron chi connectivity index (χ0n) is 13.5. The van der Waals surface area contributed by atoms with Crippen LogP contribution in [0.2, 0.25) is 0 Å². The molecular weight excluding hydrogens is 360 g/mol. The lowest BCUT2D eigenvalue weighted by Crippen LogP contribution is -2.36. The van der Waals surface area contributed by atoms with Gasteiger partial charge >= 0.3 is 5.97 Å². The van der Waals surface area contributed by atoms with E-state index in [0.717, 1.165) is 15.8 Å². The highest BCUT2D eigenvalue weighted by Gasteiger charge is 2.33. The summed E-state index contributed by atoms with van der Waals surface area (Å²) in [7, 11) is 0. The first-order valence-electron chi connectivity index (χ1n) is 8.03. The Hall–Kier alpha value is -0.480. The molecule has 1 aromatic rings. The minimum Gasteiger partial charge on any atom is -0.461 e. The number of ether oxygens (including phenoxy) is 1. The van der Waals surface area contributed by atoms with Gasteiger partial charge < -0.3 is 4.74 Å². The van der Waals surface area contributed by atoms with E-state index in [2.05, 4.69) is 36.7 Å². The number of thioether (sulfide) groups is 1. The summed E-state index contributed by atoms with van der Waals surface area (Å²) in [5, 5.41) is 0. The van der Waals surface area contributed by atoms with Crippen LogP contribution in [0.5, 0.6) is 0 Å². The van der Waals surface area contributed by atoms with Crippen molar-refractivity contribution in [1.82, 2.24) is 0 Å². The van der Waals surface area contributed by atoms with Gasteiger partial charge in [-0.2, -0.15) is 0 Å². The third kappa shape index (κ3) is 5.31. The fourth-order valence-corrected chi connectivity index (χ4v) is 4.07. The van der Waals surface area contributed by atoms with Crippen LogP contribution >= 0.6 is 27.7 Å². The van der Waals surface area contributed by atoms with Gasteiger partial charge in [0, 0.05) is 9.37 Å². The molecule has 1 fully saturated rings. The Bertz CT molecular complexity index is 486. The normalized spacial score (nSPS) is 25.2. The van der Waals surface area contributed by atoms with Crippen LogP contribution in [0.25, 0.3) is 0 Å². The number of benzene rings is 1. The second kappa shape index (κ2) is 8.39. The van der Waals surface area contributed by atoms with Gasteiger partial charge in [-0.25, -0.2) is 0 Å². The molecule has 0 aliphatic heterocycles. The summed E-state index contributed by atoms with van der Waals surface area (Å²) in [6.45, 7) is 6.73. The highest BCUT2D eigenvalue weighted by atomic mass is 79.9. The van der Waals surface area contributed by atoms with Crippen molar-refractivity contribution >= 4 is 33.7 Å². The van der Waals surface area contributed by atoms with Crippen LogP contribution in [0.1, 0.15) is 40.0 Å². The highest BCUT2D eigenvalue weighted by molar-refractivity contribution is 9.10. The fourth-order valence-electron chi connectivity index (χ4n) is 3.13. The van der Waals surface area contributed by atoms with E-state index < -0.39 is 0 Å². The van der Waals surface area contributed by atoms with E-state index >= 15 is 0 Å². The number of carbonyl (C=O) groups excluding carboxylic acids is 1. The van der Waals surface area contributed by atoms with Crippen molar-refractivity contribution in [2.45, 2.75) is 51.0 Å². The topological polar surface area (TPSA) is 26.3 Å². The molecule has 4 heteroatoms. The minimum atomic E-state index is -0.0855. The molecule has 1 saturated carbocycles. The number of hydrogen-bond acceptors (Lipinski definition) is 3. The SMILES string of the molecule is CC(C)[C@H]1CC[C@@H](C)C[C@H]1OC(=O)CSc1ccc(Br)cc1. The van der Waals surface area contributed by atoms with E-state index in [4.69, 9.17) is 4.74 Å². The summed E-state index contributed by atoms with van der Waals surface area (Å²) in [6, 6.07) is 8.01. The van der Waals surface area contributed by atoms with E-state index in [1.54, 1.807) is 11.8 Å². The molecule has 1 aliphatic rings. The van der Waals surface area contributed by atoms with Crippen LogP contribution in [0, 0.1) is 17.8 Å². The lowest BCUT2D eigenvalue weighted by atomic mass is 9.75. The Labute approximate surface area is 146 Å². The average molecular weight is 385 g/mol. The number of hydrogen-bond donors (Lipinski definition) is 0. The van der Waals surface area contributed by atoms with Crippen LogP contribution < -0.4 is 0 Å². The monoisotopic (exact) mass is 384 g/mol. The van der Waals surface area contributed by atoms with Crippen molar-refractivity contribution in [3.05, 3.63) is 28.7 Å². The summed E-state index contributed by atoms with van der Waals surface area (Å²) in [6.07, 6.45) is 3.54. The first kappa shape index (κ1) is 17.9. The molecule has 0 N–H and O–H groups in total. The predicted molar refractivity (Wildman–Crippen MR) is 96.1 cm³/mol. The van der Waals surface area contributed by atoms with Gasteiger partial charge in [-0.05, 0) is 54.9 Å². The second-order valence-electron chi connectivity index (χ2n) is 6.60. The van der Waals surface area contributed by atoms with E-state index in [1.807, 2.05) is 24.3 Å². The van der Waals surface area contributed by atoms with Gasteiger partial charge in [0.25, 0.3) is 0 Å². The molecule has 0 unspecified atom stereocenters. The smallest absolute Gasteiger partial charge is 0.316 e. The Balaban J connectivity index is 1.85. The summed E-state index contributed by atoms with van der Waals surface area (Å²) < 4.78 is 6.86. The number of carbonyl (C=O) groups is 1. The Morgan fingerprint density at radius 2 is 2.00 bits per heavy atom. The van der Waals surface area contributed by atoms with Gasteiger partial charge in [0.2, 0.25) is 0 Å². The van der Waals surface area contributed by atoms with E-state index in [1.165, 1.54) is 12.8 Å². The molecule has 22 heavy (non-hydrogen) atoms. The Morgan fingerprint density at radius 1 is 1.32 bits per heavy atom. The van der Waals surface area contributed by atoms with Crippen molar-refractivity contribution in [3.63, 3.8) is 0 Å². The van der Waals surface area contributed by atoms with Crippen LogP contribution in [0.4, 0.5) is 0 Å². The molecule has 3 atom stereocenters. The molecule has 0 radical (unpaired) electrons. The maximum absolute atomic E-state index is 12.2. The molecule has 0 aromatic heterocycles.